The van der Waals surface area contributed by atoms with Crippen molar-refractivity contribution in [3.63, 3.8) is 0 Å². The van der Waals surface area contributed by atoms with Gasteiger partial charge in [-0.2, -0.15) is 0 Å². The fourth-order valence-electron chi connectivity index (χ4n) is 2.31. The summed E-state index contributed by atoms with van der Waals surface area (Å²) >= 11 is 9.06. The van der Waals surface area contributed by atoms with E-state index in [0.29, 0.717) is 11.0 Å². The SMILES string of the molecule is Clc1ncc(CNc2cccc(-c3nc4ccccc4s3)c2)s1. The second-order valence-electron chi connectivity index (χ2n) is 5.00. The van der Waals surface area contributed by atoms with Gasteiger partial charge in [-0.1, -0.05) is 35.9 Å². The molecule has 2 aromatic carbocycles. The Hall–Kier alpha value is -1.95. The number of fused-ring (bicyclic) bond motifs is 1. The summed E-state index contributed by atoms with van der Waals surface area (Å²) in [5, 5.41) is 4.44. The monoisotopic (exact) mass is 357 g/mol. The largest absolute Gasteiger partial charge is 0.380 e. The molecule has 0 aliphatic rings. The van der Waals surface area contributed by atoms with Crippen LogP contribution in [0.5, 0.6) is 0 Å². The van der Waals surface area contributed by atoms with Gasteiger partial charge in [-0.05, 0) is 24.3 Å². The summed E-state index contributed by atoms with van der Waals surface area (Å²) in [6, 6.07) is 16.5. The number of hydrogen-bond donors (Lipinski definition) is 1. The van der Waals surface area contributed by atoms with Gasteiger partial charge in [0.25, 0.3) is 0 Å². The number of thiazole rings is 2. The quantitative estimate of drug-likeness (QED) is 0.510. The van der Waals surface area contributed by atoms with Gasteiger partial charge in [-0.25, -0.2) is 9.97 Å². The van der Waals surface area contributed by atoms with Crippen LogP contribution in [0.15, 0.2) is 54.7 Å². The summed E-state index contributed by atoms with van der Waals surface area (Å²) in [5.41, 5.74) is 3.23. The number of benzene rings is 2. The molecule has 4 aromatic rings. The molecular formula is C17H12ClN3S2. The number of rotatable bonds is 4. The molecule has 2 heterocycles. The first kappa shape index (κ1) is 14.6. The van der Waals surface area contributed by atoms with Gasteiger partial charge in [0, 0.05) is 22.3 Å². The highest BCUT2D eigenvalue weighted by atomic mass is 35.5. The molecule has 0 aliphatic carbocycles. The van der Waals surface area contributed by atoms with Crippen LogP contribution in [0.3, 0.4) is 0 Å². The van der Waals surface area contributed by atoms with Crippen molar-refractivity contribution in [1.82, 2.24) is 9.97 Å². The van der Waals surface area contributed by atoms with Crippen LogP contribution in [0.1, 0.15) is 4.88 Å². The van der Waals surface area contributed by atoms with Crippen molar-refractivity contribution in [2.75, 3.05) is 5.32 Å². The smallest absolute Gasteiger partial charge is 0.183 e. The highest BCUT2D eigenvalue weighted by Gasteiger charge is 2.07. The molecule has 0 aliphatic heterocycles. The maximum absolute atomic E-state index is 5.86. The first-order chi connectivity index (χ1) is 11.3. The van der Waals surface area contributed by atoms with E-state index in [4.69, 9.17) is 16.6 Å². The summed E-state index contributed by atoms with van der Waals surface area (Å²) in [4.78, 5) is 9.88. The molecule has 0 saturated heterocycles. The van der Waals surface area contributed by atoms with Gasteiger partial charge in [0.2, 0.25) is 0 Å². The molecule has 0 radical (unpaired) electrons. The van der Waals surface area contributed by atoms with E-state index in [0.717, 1.165) is 26.7 Å². The third-order valence-electron chi connectivity index (χ3n) is 3.40. The molecule has 2 aromatic heterocycles. The molecule has 0 saturated carbocycles. The highest BCUT2D eigenvalue weighted by Crippen LogP contribution is 2.31. The zero-order valence-electron chi connectivity index (χ0n) is 12.0. The van der Waals surface area contributed by atoms with Crippen LogP contribution in [0.2, 0.25) is 4.47 Å². The lowest BCUT2D eigenvalue weighted by Crippen LogP contribution is -1.97. The Kier molecular flexibility index (Phi) is 3.99. The first-order valence-electron chi connectivity index (χ1n) is 7.08. The van der Waals surface area contributed by atoms with E-state index in [2.05, 4.69) is 34.6 Å². The van der Waals surface area contributed by atoms with Gasteiger partial charge in [0.1, 0.15) is 5.01 Å². The predicted octanol–water partition coefficient (Wildman–Crippen LogP) is 5.69. The lowest BCUT2D eigenvalue weighted by molar-refractivity contribution is 1.17. The molecule has 0 bridgehead atoms. The molecular weight excluding hydrogens is 346 g/mol. The van der Waals surface area contributed by atoms with Crippen molar-refractivity contribution in [3.05, 3.63) is 64.1 Å². The Labute approximate surface area is 146 Å². The standard InChI is InChI=1S/C17H12ClN3S2/c18-17-20-10-13(22-17)9-19-12-5-3-4-11(8-12)16-21-14-6-1-2-7-15(14)23-16/h1-8,10,19H,9H2. The van der Waals surface area contributed by atoms with Crippen molar-refractivity contribution in [3.8, 4) is 10.6 Å². The maximum atomic E-state index is 5.86. The Bertz CT molecular complexity index is 928. The zero-order chi connectivity index (χ0) is 15.6. The number of anilines is 1. The fraction of sp³-hybridized carbons (Fsp3) is 0.0588. The summed E-state index contributed by atoms with van der Waals surface area (Å²) in [6.07, 6.45) is 1.80. The highest BCUT2D eigenvalue weighted by molar-refractivity contribution is 7.21. The second kappa shape index (κ2) is 6.28. The van der Waals surface area contributed by atoms with E-state index in [1.807, 2.05) is 24.3 Å². The van der Waals surface area contributed by atoms with Gasteiger partial charge in [-0.3, -0.25) is 0 Å². The topological polar surface area (TPSA) is 37.8 Å². The summed E-state index contributed by atoms with van der Waals surface area (Å²) in [7, 11) is 0. The molecule has 0 spiro atoms. The van der Waals surface area contributed by atoms with Crippen LogP contribution in [0.4, 0.5) is 5.69 Å². The molecule has 6 heteroatoms. The van der Waals surface area contributed by atoms with E-state index < -0.39 is 0 Å². The van der Waals surface area contributed by atoms with Gasteiger partial charge in [-0.15, -0.1) is 22.7 Å². The third-order valence-corrected chi connectivity index (χ3v) is 5.60. The molecule has 0 fully saturated rings. The molecule has 0 atom stereocenters. The number of aromatic nitrogens is 2. The maximum Gasteiger partial charge on any atom is 0.183 e. The minimum absolute atomic E-state index is 0.574. The third kappa shape index (κ3) is 3.22. The minimum Gasteiger partial charge on any atom is -0.380 e. The molecule has 1 N–H and O–H groups in total. The van der Waals surface area contributed by atoms with Crippen LogP contribution < -0.4 is 5.32 Å². The zero-order valence-corrected chi connectivity index (χ0v) is 14.4. The summed E-state index contributed by atoms with van der Waals surface area (Å²) in [5.74, 6) is 0. The lowest BCUT2D eigenvalue weighted by Gasteiger charge is -2.05. The predicted molar refractivity (Wildman–Crippen MR) is 99.5 cm³/mol. The van der Waals surface area contributed by atoms with Crippen LogP contribution in [0.25, 0.3) is 20.8 Å². The molecule has 3 nitrogen and oxygen atoms in total. The average molecular weight is 358 g/mol. The van der Waals surface area contributed by atoms with E-state index >= 15 is 0 Å². The van der Waals surface area contributed by atoms with Gasteiger partial charge >= 0.3 is 0 Å². The summed E-state index contributed by atoms with van der Waals surface area (Å²) < 4.78 is 1.78. The molecule has 4 rings (SSSR count). The first-order valence-corrected chi connectivity index (χ1v) is 9.09. The number of para-hydroxylation sites is 1. The Morgan fingerprint density at radius 2 is 1.96 bits per heavy atom. The van der Waals surface area contributed by atoms with Crippen LogP contribution >= 0.6 is 34.3 Å². The minimum atomic E-state index is 0.574. The van der Waals surface area contributed by atoms with Gasteiger partial charge in [0.05, 0.1) is 16.8 Å². The Morgan fingerprint density at radius 3 is 2.78 bits per heavy atom. The molecule has 0 amide bonds. The molecule has 0 unspecified atom stereocenters. The lowest BCUT2D eigenvalue weighted by atomic mass is 10.2. The van der Waals surface area contributed by atoms with E-state index in [9.17, 15) is 0 Å². The summed E-state index contributed by atoms with van der Waals surface area (Å²) in [6.45, 7) is 0.716. The van der Waals surface area contributed by atoms with Crippen LogP contribution in [0, 0.1) is 0 Å². The number of halogens is 1. The molecule has 23 heavy (non-hydrogen) atoms. The second-order valence-corrected chi connectivity index (χ2v) is 7.73. The van der Waals surface area contributed by atoms with Crippen LogP contribution in [-0.2, 0) is 6.54 Å². The van der Waals surface area contributed by atoms with Crippen LogP contribution in [-0.4, -0.2) is 9.97 Å². The van der Waals surface area contributed by atoms with Gasteiger partial charge < -0.3 is 5.32 Å². The number of nitrogens with one attached hydrogen (secondary N) is 1. The normalized spacial score (nSPS) is 11.0. The van der Waals surface area contributed by atoms with Crippen molar-refractivity contribution in [2.24, 2.45) is 0 Å². The van der Waals surface area contributed by atoms with E-state index in [1.165, 1.54) is 16.0 Å². The van der Waals surface area contributed by atoms with Crippen molar-refractivity contribution >= 4 is 50.2 Å². The van der Waals surface area contributed by atoms with E-state index in [-0.39, 0.29) is 0 Å². The number of hydrogen-bond acceptors (Lipinski definition) is 5. The van der Waals surface area contributed by atoms with Gasteiger partial charge in [0.15, 0.2) is 4.47 Å². The Balaban J connectivity index is 1.58. The Morgan fingerprint density at radius 1 is 1.04 bits per heavy atom. The van der Waals surface area contributed by atoms with E-state index in [1.54, 1.807) is 17.5 Å². The van der Waals surface area contributed by atoms with Crippen molar-refractivity contribution in [2.45, 2.75) is 6.54 Å². The molecule has 114 valence electrons. The van der Waals surface area contributed by atoms with Crippen molar-refractivity contribution < 1.29 is 0 Å². The van der Waals surface area contributed by atoms with Crippen molar-refractivity contribution in [1.29, 1.82) is 0 Å². The average Bonchev–Trinajstić information content (AvgIpc) is 3.19. The fourth-order valence-corrected chi connectivity index (χ4v) is 4.19. The number of nitrogens with zero attached hydrogens (tertiary/aromatic N) is 2.